The summed E-state index contributed by atoms with van der Waals surface area (Å²) in [6.45, 7) is 2.98. The lowest BCUT2D eigenvalue weighted by Gasteiger charge is -2.22. The molecule has 1 spiro atoms. The third-order valence-electron chi connectivity index (χ3n) is 4.94. The summed E-state index contributed by atoms with van der Waals surface area (Å²) in [5.41, 5.74) is 5.50. The third-order valence-corrected chi connectivity index (χ3v) is 4.94. The van der Waals surface area contributed by atoms with Gasteiger partial charge in [-0.2, -0.15) is 0 Å². The zero-order chi connectivity index (χ0) is 16.1. The molecule has 1 unspecified atom stereocenters. The molecule has 2 atom stereocenters. The second-order valence-electron chi connectivity index (χ2n) is 6.73. The lowest BCUT2D eigenvalue weighted by Crippen LogP contribution is -2.43. The molecule has 1 fully saturated rings. The summed E-state index contributed by atoms with van der Waals surface area (Å²) < 4.78 is 2.07. The van der Waals surface area contributed by atoms with E-state index >= 15 is 0 Å². The number of nitrogens with one attached hydrogen (secondary N) is 2. The number of benzene rings is 1. The van der Waals surface area contributed by atoms with Gasteiger partial charge in [0.05, 0.1) is 23.1 Å². The zero-order valence-corrected chi connectivity index (χ0v) is 13.5. The molecule has 0 bridgehead atoms. The maximum absolute atomic E-state index is 4.70. The molecule has 5 rings (SSSR count). The van der Waals surface area contributed by atoms with Crippen LogP contribution in [0.5, 0.6) is 0 Å². The highest BCUT2D eigenvalue weighted by atomic mass is 15.3. The first-order chi connectivity index (χ1) is 11.7. The van der Waals surface area contributed by atoms with E-state index in [-0.39, 0.29) is 11.7 Å². The van der Waals surface area contributed by atoms with E-state index in [9.17, 15) is 0 Å². The minimum absolute atomic E-state index is 0.188. The zero-order valence-electron chi connectivity index (χ0n) is 13.5. The topological polar surface area (TPSA) is 53.7 Å². The van der Waals surface area contributed by atoms with Gasteiger partial charge in [0.15, 0.2) is 0 Å². The molecule has 5 nitrogen and oxygen atoms in total. The molecule has 2 aromatic heterocycles. The first kappa shape index (κ1) is 13.9. The quantitative estimate of drug-likeness (QED) is 0.763. The molecule has 2 N–H and O–H groups in total. The van der Waals surface area contributed by atoms with Crippen LogP contribution in [0.15, 0.2) is 53.8 Å². The van der Waals surface area contributed by atoms with Gasteiger partial charge in [-0.05, 0) is 25.1 Å². The van der Waals surface area contributed by atoms with E-state index in [0.717, 1.165) is 30.0 Å². The fourth-order valence-electron chi connectivity index (χ4n) is 3.74. The average Bonchev–Trinajstić information content (AvgIpc) is 3.26. The average molecular weight is 317 g/mol. The number of rotatable bonds is 2. The van der Waals surface area contributed by atoms with Crippen LogP contribution in [0.4, 0.5) is 5.69 Å². The number of hydrogen-bond donors (Lipinski definition) is 2. The molecule has 1 saturated heterocycles. The monoisotopic (exact) mass is 317 g/mol. The Hall–Kier alpha value is -2.50. The van der Waals surface area contributed by atoms with Gasteiger partial charge in [-0.25, -0.2) is 4.98 Å². The molecule has 0 saturated carbocycles. The predicted octanol–water partition coefficient (Wildman–Crippen LogP) is 2.32. The first-order valence-corrected chi connectivity index (χ1v) is 8.32. The molecule has 0 aliphatic carbocycles. The van der Waals surface area contributed by atoms with Crippen LogP contribution in [0.3, 0.4) is 0 Å². The molecular weight excluding hydrogens is 298 g/mol. The number of imidazole rings is 1. The molecule has 1 aromatic carbocycles. The van der Waals surface area contributed by atoms with E-state index in [1.165, 1.54) is 11.1 Å². The van der Waals surface area contributed by atoms with Gasteiger partial charge in [-0.3, -0.25) is 15.6 Å². The van der Waals surface area contributed by atoms with Gasteiger partial charge < -0.3 is 4.40 Å². The van der Waals surface area contributed by atoms with Crippen LogP contribution in [0.2, 0.25) is 0 Å². The van der Waals surface area contributed by atoms with Crippen molar-refractivity contribution in [2.45, 2.75) is 25.0 Å². The summed E-state index contributed by atoms with van der Waals surface area (Å²) >= 11 is 0. The number of aromatic nitrogens is 2. The highest BCUT2D eigenvalue weighted by Crippen LogP contribution is 2.37. The van der Waals surface area contributed by atoms with Crippen molar-refractivity contribution in [3.05, 3.63) is 65.6 Å². The van der Waals surface area contributed by atoms with Crippen LogP contribution in [-0.2, 0) is 12.0 Å². The summed E-state index contributed by atoms with van der Waals surface area (Å²) in [5, 5.41) is 7.32. The molecule has 0 radical (unpaired) electrons. The Balaban J connectivity index is 1.40. The number of hydrogen-bond acceptors (Lipinski definition) is 4. The van der Waals surface area contributed by atoms with E-state index in [1.807, 2.05) is 30.6 Å². The summed E-state index contributed by atoms with van der Waals surface area (Å²) in [7, 11) is 0. The van der Waals surface area contributed by atoms with Crippen LogP contribution >= 0.6 is 0 Å². The van der Waals surface area contributed by atoms with E-state index in [2.05, 4.69) is 51.3 Å². The Morgan fingerprint density at radius 2 is 2.25 bits per heavy atom. The largest absolute Gasteiger partial charge is 0.307 e. The van der Waals surface area contributed by atoms with Gasteiger partial charge in [0.25, 0.3) is 0 Å². The third kappa shape index (κ3) is 2.09. The Kier molecular flexibility index (Phi) is 2.89. The minimum Gasteiger partial charge on any atom is -0.307 e. The lowest BCUT2D eigenvalue weighted by molar-refractivity contribution is 0.491. The summed E-state index contributed by atoms with van der Waals surface area (Å²) in [4.78, 5) is 9.30. The number of aliphatic imine (C=N–C) groups is 1. The molecule has 120 valence electrons. The second-order valence-corrected chi connectivity index (χ2v) is 6.73. The molecule has 2 aliphatic rings. The van der Waals surface area contributed by atoms with Crippen LogP contribution in [0.1, 0.15) is 16.8 Å². The van der Waals surface area contributed by atoms with Crippen molar-refractivity contribution < 1.29 is 0 Å². The van der Waals surface area contributed by atoms with Crippen LogP contribution in [-0.4, -0.2) is 28.3 Å². The summed E-state index contributed by atoms with van der Waals surface area (Å²) in [5.74, 6) is 0. The summed E-state index contributed by atoms with van der Waals surface area (Å²) in [6, 6.07) is 12.5. The second kappa shape index (κ2) is 5.00. The van der Waals surface area contributed by atoms with Crippen molar-refractivity contribution in [1.82, 2.24) is 20.0 Å². The minimum atomic E-state index is -0.189. The van der Waals surface area contributed by atoms with Crippen LogP contribution in [0.25, 0.3) is 5.65 Å². The van der Waals surface area contributed by atoms with Gasteiger partial charge in [0, 0.05) is 37.1 Å². The number of nitrogens with zero attached hydrogens (tertiary/aromatic N) is 3. The maximum Gasteiger partial charge on any atom is 0.136 e. The highest BCUT2D eigenvalue weighted by molar-refractivity contribution is 5.85. The Labute approximate surface area is 140 Å². The Morgan fingerprint density at radius 3 is 3.17 bits per heavy atom. The van der Waals surface area contributed by atoms with Gasteiger partial charge >= 0.3 is 0 Å². The van der Waals surface area contributed by atoms with Crippen LogP contribution in [0, 0.1) is 6.92 Å². The van der Waals surface area contributed by atoms with Crippen molar-refractivity contribution in [3.63, 3.8) is 0 Å². The van der Waals surface area contributed by atoms with Crippen molar-refractivity contribution in [1.29, 1.82) is 0 Å². The smallest absolute Gasteiger partial charge is 0.136 e. The van der Waals surface area contributed by atoms with E-state index < -0.39 is 0 Å². The van der Waals surface area contributed by atoms with Crippen molar-refractivity contribution in [2.24, 2.45) is 4.99 Å². The molecule has 0 amide bonds. The van der Waals surface area contributed by atoms with Gasteiger partial charge in [-0.1, -0.05) is 23.8 Å². The Bertz CT molecular complexity index is 924. The van der Waals surface area contributed by atoms with Crippen molar-refractivity contribution in [2.75, 3.05) is 6.54 Å². The SMILES string of the molecule is Cc1ccc2c(c1)C1(C=N2)CN[C@@H](Cc2cn3ccccc3n2)N1. The number of pyridine rings is 1. The van der Waals surface area contributed by atoms with Crippen molar-refractivity contribution >= 4 is 17.5 Å². The van der Waals surface area contributed by atoms with E-state index in [0.29, 0.717) is 0 Å². The molecule has 2 aliphatic heterocycles. The van der Waals surface area contributed by atoms with Gasteiger partial charge in [0.2, 0.25) is 0 Å². The van der Waals surface area contributed by atoms with Gasteiger partial charge in [-0.15, -0.1) is 0 Å². The van der Waals surface area contributed by atoms with Crippen molar-refractivity contribution in [3.8, 4) is 0 Å². The molecule has 3 aromatic rings. The Morgan fingerprint density at radius 1 is 1.29 bits per heavy atom. The molecule has 24 heavy (non-hydrogen) atoms. The molecule has 5 heteroatoms. The fraction of sp³-hybridized carbons (Fsp3) is 0.263. The molecular formula is C19H19N5. The van der Waals surface area contributed by atoms with E-state index in [4.69, 9.17) is 4.98 Å². The number of fused-ring (bicyclic) bond motifs is 3. The fourth-order valence-corrected chi connectivity index (χ4v) is 3.74. The standard InChI is InChI=1S/C19H19N5/c1-13-5-6-16-15(8-13)19(11-20-16)12-21-17(23-19)9-14-10-24-7-3-2-4-18(24)22-14/h2-8,10-11,17,21,23H,9,12H2,1H3/t17-,19?/m1/s1. The lowest BCUT2D eigenvalue weighted by atomic mass is 9.92. The molecule has 4 heterocycles. The first-order valence-electron chi connectivity index (χ1n) is 8.32. The summed E-state index contributed by atoms with van der Waals surface area (Å²) in [6.07, 6.45) is 7.22. The normalized spacial score (nSPS) is 25.0. The predicted molar refractivity (Wildman–Crippen MR) is 94.8 cm³/mol. The van der Waals surface area contributed by atoms with Gasteiger partial charge in [0.1, 0.15) is 5.65 Å². The maximum atomic E-state index is 4.70. The highest BCUT2D eigenvalue weighted by Gasteiger charge is 2.42. The number of aryl methyl sites for hydroxylation is 1. The van der Waals surface area contributed by atoms with E-state index in [1.54, 1.807) is 0 Å². The van der Waals surface area contributed by atoms with Crippen LogP contribution < -0.4 is 10.6 Å².